The molecule has 37 heavy (non-hydrogen) atoms. The topological polar surface area (TPSA) is 73.8 Å². The summed E-state index contributed by atoms with van der Waals surface area (Å²) in [4.78, 5) is 26.0. The van der Waals surface area contributed by atoms with Crippen molar-refractivity contribution < 1.29 is 18.0 Å². The van der Waals surface area contributed by atoms with Crippen molar-refractivity contribution in [1.82, 2.24) is 5.32 Å². The Bertz CT molecular complexity index is 1090. The Morgan fingerprint density at radius 1 is 1.08 bits per heavy atom. The summed E-state index contributed by atoms with van der Waals surface area (Å²) in [6, 6.07) is 11.3. The molecule has 0 bridgehead atoms. The minimum absolute atomic E-state index is 0.0396. The second kappa shape index (κ2) is 11.3. The predicted molar refractivity (Wildman–Crippen MR) is 140 cm³/mol. The number of alkyl halides is 3. The molecule has 1 aliphatic heterocycles. The molecule has 1 saturated carbocycles. The molecule has 0 atom stereocenters. The number of halogens is 4. The molecule has 0 aromatic heterocycles. The highest BCUT2D eigenvalue weighted by atomic mass is 35.5. The Kier molecular flexibility index (Phi) is 8.31. The van der Waals surface area contributed by atoms with E-state index in [1.165, 1.54) is 6.07 Å². The summed E-state index contributed by atoms with van der Waals surface area (Å²) in [5.41, 5.74) is -0.601. The smallest absolute Gasteiger partial charge is 0.382 e. The third kappa shape index (κ3) is 6.74. The van der Waals surface area contributed by atoms with Gasteiger partial charge in [0.1, 0.15) is 5.69 Å². The van der Waals surface area contributed by atoms with Gasteiger partial charge in [0.05, 0.1) is 5.56 Å². The summed E-state index contributed by atoms with van der Waals surface area (Å²) in [6.45, 7) is 4.26. The zero-order chi connectivity index (χ0) is 26.6. The lowest BCUT2D eigenvalue weighted by Crippen LogP contribution is -2.48. The van der Waals surface area contributed by atoms with Crippen LogP contribution in [0.5, 0.6) is 0 Å². The van der Waals surface area contributed by atoms with Crippen LogP contribution in [0.4, 0.5) is 30.2 Å². The Morgan fingerprint density at radius 3 is 2.32 bits per heavy atom. The highest BCUT2D eigenvalue weighted by Gasteiger charge is 2.37. The number of carbonyl (C=O) groups excluding carboxylic acids is 1. The fraction of sp³-hybridized carbons (Fsp3) is 0.519. The van der Waals surface area contributed by atoms with Crippen molar-refractivity contribution >= 4 is 34.6 Å². The molecule has 2 aromatic carbocycles. The van der Waals surface area contributed by atoms with Gasteiger partial charge in [-0.2, -0.15) is 13.2 Å². The van der Waals surface area contributed by atoms with Gasteiger partial charge in [0.2, 0.25) is 5.91 Å². The molecule has 1 aliphatic carbocycles. The molecule has 1 amide bonds. The van der Waals surface area contributed by atoms with Gasteiger partial charge in [0, 0.05) is 47.5 Å². The summed E-state index contributed by atoms with van der Waals surface area (Å²) in [5, 5.41) is 9.53. The first-order chi connectivity index (χ1) is 17.6. The molecular formula is C27H32ClF3N4O2. The number of anilines is 2. The molecule has 2 fully saturated rings. The maximum atomic E-state index is 13.2. The number of piperidine rings is 1. The van der Waals surface area contributed by atoms with Gasteiger partial charge in [-0.1, -0.05) is 18.5 Å². The molecule has 2 aromatic rings. The maximum Gasteiger partial charge on any atom is 0.418 e. The predicted octanol–water partition coefficient (Wildman–Crippen LogP) is 7.15. The second-order valence-corrected chi connectivity index (χ2v) is 10.9. The standard InChI is InChI=1S/C27H32ClF3N4O2/c1-26(12-14-35(15-13-26)22-9-4-19(28)5-10-22)25(36)32-17-18-2-6-20(7-3-18)33-21-8-11-24(34-37)23(16-21)27(29,30)31/h4-5,8-11,16,18,20,33H,2-3,6-7,12-15,17H2,1H3,(H,32,36). The first kappa shape index (κ1) is 27.2. The number of nitroso groups, excluding NO2 is 1. The number of benzene rings is 2. The van der Waals surface area contributed by atoms with Crippen LogP contribution in [0.15, 0.2) is 47.6 Å². The summed E-state index contributed by atoms with van der Waals surface area (Å²) in [7, 11) is 0. The van der Waals surface area contributed by atoms with Crippen molar-refractivity contribution in [2.24, 2.45) is 16.5 Å². The van der Waals surface area contributed by atoms with Crippen LogP contribution in [0.2, 0.25) is 5.02 Å². The number of nitrogens with zero attached hydrogens (tertiary/aromatic N) is 2. The van der Waals surface area contributed by atoms with Crippen LogP contribution >= 0.6 is 11.6 Å². The molecule has 6 nitrogen and oxygen atoms in total. The van der Waals surface area contributed by atoms with Crippen LogP contribution in [-0.2, 0) is 11.0 Å². The van der Waals surface area contributed by atoms with Crippen molar-refractivity contribution in [3.8, 4) is 0 Å². The van der Waals surface area contributed by atoms with E-state index < -0.39 is 22.8 Å². The van der Waals surface area contributed by atoms with E-state index in [2.05, 4.69) is 20.7 Å². The van der Waals surface area contributed by atoms with Gasteiger partial charge in [-0.15, -0.1) is 4.91 Å². The van der Waals surface area contributed by atoms with Crippen LogP contribution in [0, 0.1) is 16.2 Å². The maximum absolute atomic E-state index is 13.2. The van der Waals surface area contributed by atoms with Gasteiger partial charge in [-0.3, -0.25) is 4.79 Å². The highest BCUT2D eigenvalue weighted by Crippen LogP contribution is 2.39. The normalized spacial score (nSPS) is 21.8. The van der Waals surface area contributed by atoms with E-state index in [1.54, 1.807) is 0 Å². The average Bonchev–Trinajstić information content (AvgIpc) is 2.88. The Morgan fingerprint density at radius 2 is 1.73 bits per heavy atom. The zero-order valence-corrected chi connectivity index (χ0v) is 21.5. The third-order valence-corrected chi connectivity index (χ3v) is 8.03. The molecule has 2 N–H and O–H groups in total. The van der Waals surface area contributed by atoms with Crippen LogP contribution in [0.25, 0.3) is 0 Å². The summed E-state index contributed by atoms with van der Waals surface area (Å²) in [6.07, 6.45) is 0.247. The zero-order valence-electron chi connectivity index (χ0n) is 20.8. The number of amides is 1. The number of hydrogen-bond acceptors (Lipinski definition) is 5. The van der Waals surface area contributed by atoms with E-state index in [0.29, 0.717) is 23.2 Å². The second-order valence-electron chi connectivity index (χ2n) is 10.4. The molecule has 2 aliphatic rings. The number of nitrogens with one attached hydrogen (secondary N) is 2. The van der Waals surface area contributed by atoms with Crippen LogP contribution < -0.4 is 15.5 Å². The molecule has 1 heterocycles. The Hall–Kier alpha value is -2.81. The van der Waals surface area contributed by atoms with Gasteiger partial charge in [0.25, 0.3) is 0 Å². The highest BCUT2D eigenvalue weighted by molar-refractivity contribution is 6.30. The number of rotatable bonds is 7. The molecule has 0 spiro atoms. The van der Waals surface area contributed by atoms with Crippen LogP contribution in [-0.4, -0.2) is 31.6 Å². The first-order valence-corrected chi connectivity index (χ1v) is 13.1. The van der Waals surface area contributed by atoms with Gasteiger partial charge < -0.3 is 15.5 Å². The lowest BCUT2D eigenvalue weighted by Gasteiger charge is -2.40. The molecule has 4 rings (SSSR count). The van der Waals surface area contributed by atoms with Gasteiger partial charge in [-0.25, -0.2) is 0 Å². The number of hydrogen-bond donors (Lipinski definition) is 2. The van der Waals surface area contributed by atoms with E-state index in [9.17, 15) is 22.9 Å². The van der Waals surface area contributed by atoms with E-state index >= 15 is 0 Å². The quantitative estimate of drug-likeness (QED) is 0.368. The third-order valence-electron chi connectivity index (χ3n) is 7.78. The Balaban J connectivity index is 1.22. The van der Waals surface area contributed by atoms with Gasteiger partial charge in [-0.05, 0) is 92.1 Å². The largest absolute Gasteiger partial charge is 0.418 e. The number of carbonyl (C=O) groups is 1. The summed E-state index contributed by atoms with van der Waals surface area (Å²) >= 11 is 5.99. The van der Waals surface area contributed by atoms with Gasteiger partial charge in [0.15, 0.2) is 0 Å². The molecule has 1 saturated heterocycles. The minimum Gasteiger partial charge on any atom is -0.382 e. The van der Waals surface area contributed by atoms with Crippen LogP contribution in [0.3, 0.4) is 0 Å². The van der Waals surface area contributed by atoms with E-state index in [4.69, 9.17) is 11.6 Å². The molecular weight excluding hydrogens is 505 g/mol. The Labute approximate surface area is 219 Å². The van der Waals surface area contributed by atoms with E-state index in [-0.39, 0.29) is 11.9 Å². The molecule has 0 unspecified atom stereocenters. The van der Waals surface area contributed by atoms with E-state index in [1.807, 2.05) is 31.2 Å². The first-order valence-electron chi connectivity index (χ1n) is 12.7. The molecule has 10 heteroatoms. The SMILES string of the molecule is CC1(C(=O)NCC2CCC(Nc3ccc(N=O)c(C(F)(F)F)c3)CC2)CCN(c2ccc(Cl)cc2)CC1. The summed E-state index contributed by atoms with van der Waals surface area (Å²) in [5.74, 6) is 0.430. The molecule has 200 valence electrons. The monoisotopic (exact) mass is 536 g/mol. The molecule has 0 radical (unpaired) electrons. The lowest BCUT2D eigenvalue weighted by atomic mass is 9.79. The van der Waals surface area contributed by atoms with Crippen molar-refractivity contribution in [3.05, 3.63) is 58.0 Å². The van der Waals surface area contributed by atoms with E-state index in [0.717, 1.165) is 69.4 Å². The van der Waals surface area contributed by atoms with Crippen molar-refractivity contribution in [3.63, 3.8) is 0 Å². The van der Waals surface area contributed by atoms with Crippen molar-refractivity contribution in [1.29, 1.82) is 0 Å². The van der Waals surface area contributed by atoms with Crippen molar-refractivity contribution in [2.45, 2.75) is 57.7 Å². The van der Waals surface area contributed by atoms with Crippen LogP contribution in [0.1, 0.15) is 51.0 Å². The van der Waals surface area contributed by atoms with Crippen molar-refractivity contribution in [2.75, 3.05) is 29.9 Å². The fourth-order valence-electron chi connectivity index (χ4n) is 5.27. The van der Waals surface area contributed by atoms with Gasteiger partial charge >= 0.3 is 6.18 Å². The fourth-order valence-corrected chi connectivity index (χ4v) is 5.39. The lowest BCUT2D eigenvalue weighted by molar-refractivity contribution is -0.137. The average molecular weight is 537 g/mol. The summed E-state index contributed by atoms with van der Waals surface area (Å²) < 4.78 is 39.6. The minimum atomic E-state index is -4.64.